The Morgan fingerprint density at radius 3 is 2.31 bits per heavy atom. The van der Waals surface area contributed by atoms with E-state index in [0.29, 0.717) is 6.04 Å². The lowest BCUT2D eigenvalue weighted by Gasteiger charge is -2.40. The third-order valence-corrected chi connectivity index (χ3v) is 3.48. The van der Waals surface area contributed by atoms with Crippen LogP contribution in [-0.2, 0) is 0 Å². The molecular weight excluding hydrogens is 202 g/mol. The highest BCUT2D eigenvalue weighted by Crippen LogP contribution is 2.11. The van der Waals surface area contributed by atoms with Gasteiger partial charge < -0.3 is 9.80 Å². The van der Waals surface area contributed by atoms with Crippen molar-refractivity contribution in [3.63, 3.8) is 0 Å². The smallest absolute Gasteiger partial charge is 0.320 e. The van der Waals surface area contributed by atoms with E-state index in [1.807, 2.05) is 23.6 Å². The minimum atomic E-state index is 0.201. The second-order valence-corrected chi connectivity index (χ2v) is 4.38. The van der Waals surface area contributed by atoms with Gasteiger partial charge in [-0.15, -0.1) is 0 Å². The molecule has 94 valence electrons. The van der Waals surface area contributed by atoms with Gasteiger partial charge >= 0.3 is 6.03 Å². The van der Waals surface area contributed by atoms with E-state index in [0.717, 1.165) is 39.3 Å². The topological polar surface area (TPSA) is 26.8 Å². The maximum absolute atomic E-state index is 12.1. The van der Waals surface area contributed by atoms with Crippen molar-refractivity contribution in [1.29, 1.82) is 0 Å². The molecule has 1 atom stereocenters. The lowest BCUT2D eigenvalue weighted by molar-refractivity contribution is 0.0860. The second kappa shape index (κ2) is 6.09. The highest BCUT2D eigenvalue weighted by molar-refractivity contribution is 5.74. The number of rotatable bonds is 3. The Bertz CT molecular complexity index is 228. The largest absolute Gasteiger partial charge is 0.325 e. The summed E-state index contributed by atoms with van der Waals surface area (Å²) in [5.74, 6) is 0. The van der Waals surface area contributed by atoms with Gasteiger partial charge in [0.15, 0.2) is 0 Å². The van der Waals surface area contributed by atoms with E-state index < -0.39 is 0 Å². The SMILES string of the molecule is CCN(CC)C(=O)N1CCN(CC)C(C)C1. The fraction of sp³-hybridized carbons (Fsp3) is 0.917. The van der Waals surface area contributed by atoms with Crippen molar-refractivity contribution in [2.24, 2.45) is 0 Å². The molecule has 0 saturated carbocycles. The molecule has 1 aliphatic heterocycles. The maximum atomic E-state index is 12.1. The third-order valence-electron chi connectivity index (χ3n) is 3.48. The summed E-state index contributed by atoms with van der Waals surface area (Å²) in [6.07, 6.45) is 0. The van der Waals surface area contributed by atoms with Crippen molar-refractivity contribution in [3.05, 3.63) is 0 Å². The molecule has 1 rings (SSSR count). The molecule has 4 heteroatoms. The number of hydrogen-bond acceptors (Lipinski definition) is 2. The lowest BCUT2D eigenvalue weighted by atomic mass is 10.2. The number of carbonyl (C=O) groups excluding carboxylic acids is 1. The molecule has 1 aliphatic rings. The van der Waals surface area contributed by atoms with Gasteiger partial charge in [-0.25, -0.2) is 4.79 Å². The van der Waals surface area contributed by atoms with Crippen molar-refractivity contribution in [3.8, 4) is 0 Å². The van der Waals surface area contributed by atoms with Crippen LogP contribution >= 0.6 is 0 Å². The zero-order chi connectivity index (χ0) is 12.1. The minimum absolute atomic E-state index is 0.201. The number of piperazine rings is 1. The average molecular weight is 227 g/mol. The van der Waals surface area contributed by atoms with Crippen LogP contribution in [0.25, 0.3) is 0 Å². The van der Waals surface area contributed by atoms with Crippen molar-refractivity contribution >= 4 is 6.03 Å². The summed E-state index contributed by atoms with van der Waals surface area (Å²) in [6.45, 7) is 13.9. The fourth-order valence-electron chi connectivity index (χ4n) is 2.33. The summed E-state index contributed by atoms with van der Waals surface area (Å²) >= 11 is 0. The van der Waals surface area contributed by atoms with Crippen molar-refractivity contribution in [2.75, 3.05) is 39.3 Å². The first kappa shape index (κ1) is 13.3. The van der Waals surface area contributed by atoms with Gasteiger partial charge in [-0.1, -0.05) is 6.92 Å². The maximum Gasteiger partial charge on any atom is 0.320 e. The molecule has 0 spiro atoms. The van der Waals surface area contributed by atoms with Gasteiger partial charge in [0.2, 0.25) is 0 Å². The summed E-state index contributed by atoms with van der Waals surface area (Å²) in [4.78, 5) is 18.4. The van der Waals surface area contributed by atoms with Gasteiger partial charge in [-0.05, 0) is 27.3 Å². The average Bonchev–Trinajstić information content (AvgIpc) is 2.30. The Hall–Kier alpha value is -0.770. The Labute approximate surface area is 99.2 Å². The Morgan fingerprint density at radius 2 is 1.88 bits per heavy atom. The van der Waals surface area contributed by atoms with E-state index in [-0.39, 0.29) is 6.03 Å². The molecule has 16 heavy (non-hydrogen) atoms. The number of hydrogen-bond donors (Lipinski definition) is 0. The number of carbonyl (C=O) groups is 1. The molecule has 1 saturated heterocycles. The molecule has 0 aromatic carbocycles. The van der Waals surface area contributed by atoms with E-state index >= 15 is 0 Å². The molecule has 1 heterocycles. The van der Waals surface area contributed by atoms with Gasteiger partial charge in [0.05, 0.1) is 0 Å². The van der Waals surface area contributed by atoms with Crippen molar-refractivity contribution in [1.82, 2.24) is 14.7 Å². The Balaban J connectivity index is 2.53. The van der Waals surface area contributed by atoms with E-state index in [1.165, 1.54) is 0 Å². The van der Waals surface area contributed by atoms with Crippen LogP contribution in [0.5, 0.6) is 0 Å². The van der Waals surface area contributed by atoms with E-state index in [1.54, 1.807) is 0 Å². The van der Waals surface area contributed by atoms with Gasteiger partial charge in [0.25, 0.3) is 0 Å². The van der Waals surface area contributed by atoms with E-state index in [9.17, 15) is 4.79 Å². The molecule has 0 aromatic heterocycles. The zero-order valence-electron chi connectivity index (χ0n) is 11.1. The number of nitrogens with zero attached hydrogens (tertiary/aromatic N) is 3. The highest BCUT2D eigenvalue weighted by Gasteiger charge is 2.27. The third kappa shape index (κ3) is 2.88. The summed E-state index contributed by atoms with van der Waals surface area (Å²) in [5.41, 5.74) is 0. The molecule has 0 aliphatic carbocycles. The number of likely N-dealkylation sites (N-methyl/N-ethyl adjacent to an activating group) is 1. The van der Waals surface area contributed by atoms with Crippen LogP contribution in [0.2, 0.25) is 0 Å². The van der Waals surface area contributed by atoms with Crippen LogP contribution in [0.15, 0.2) is 0 Å². The highest BCUT2D eigenvalue weighted by atomic mass is 16.2. The molecule has 1 unspecified atom stereocenters. The minimum Gasteiger partial charge on any atom is -0.325 e. The first-order valence-electron chi connectivity index (χ1n) is 6.41. The van der Waals surface area contributed by atoms with Crippen molar-refractivity contribution < 1.29 is 4.79 Å². The van der Waals surface area contributed by atoms with Crippen LogP contribution in [0, 0.1) is 0 Å². The standard InChI is InChI=1S/C12H25N3O/c1-5-13(6-2)12(16)15-9-8-14(7-3)11(4)10-15/h11H,5-10H2,1-4H3. The molecule has 0 N–H and O–H groups in total. The van der Waals surface area contributed by atoms with E-state index in [4.69, 9.17) is 0 Å². The first-order valence-corrected chi connectivity index (χ1v) is 6.41. The fourth-order valence-corrected chi connectivity index (χ4v) is 2.33. The van der Waals surface area contributed by atoms with Crippen molar-refractivity contribution in [2.45, 2.75) is 33.7 Å². The molecule has 0 aromatic rings. The Kier molecular flexibility index (Phi) is 5.06. The zero-order valence-corrected chi connectivity index (χ0v) is 11.1. The summed E-state index contributed by atoms with van der Waals surface area (Å²) in [7, 11) is 0. The van der Waals surface area contributed by atoms with Crippen LogP contribution in [-0.4, -0.2) is 66.0 Å². The predicted molar refractivity (Wildman–Crippen MR) is 66.6 cm³/mol. The second-order valence-electron chi connectivity index (χ2n) is 4.38. The normalized spacial score (nSPS) is 22.2. The monoisotopic (exact) mass is 227 g/mol. The predicted octanol–water partition coefficient (Wildman–Crippen LogP) is 1.47. The van der Waals surface area contributed by atoms with Crippen LogP contribution in [0.1, 0.15) is 27.7 Å². The molecule has 4 nitrogen and oxygen atoms in total. The lowest BCUT2D eigenvalue weighted by Crippen LogP contribution is -2.56. The summed E-state index contributed by atoms with van der Waals surface area (Å²) in [6, 6.07) is 0.686. The Morgan fingerprint density at radius 1 is 1.25 bits per heavy atom. The van der Waals surface area contributed by atoms with Crippen LogP contribution < -0.4 is 0 Å². The van der Waals surface area contributed by atoms with Gasteiger partial charge in [0, 0.05) is 38.8 Å². The van der Waals surface area contributed by atoms with Crippen LogP contribution in [0.3, 0.4) is 0 Å². The molecule has 1 fully saturated rings. The number of amides is 2. The molecule has 2 amide bonds. The molecule has 0 radical (unpaired) electrons. The summed E-state index contributed by atoms with van der Waals surface area (Å²) in [5, 5.41) is 0. The van der Waals surface area contributed by atoms with E-state index in [2.05, 4.69) is 18.7 Å². The van der Waals surface area contributed by atoms with Gasteiger partial charge in [-0.3, -0.25) is 4.90 Å². The van der Waals surface area contributed by atoms with Gasteiger partial charge in [-0.2, -0.15) is 0 Å². The van der Waals surface area contributed by atoms with Gasteiger partial charge in [0.1, 0.15) is 0 Å². The first-order chi connectivity index (χ1) is 7.63. The summed E-state index contributed by atoms with van der Waals surface area (Å²) < 4.78 is 0. The molecular formula is C12H25N3O. The molecule has 0 bridgehead atoms. The quantitative estimate of drug-likeness (QED) is 0.730. The number of urea groups is 1. The van der Waals surface area contributed by atoms with Crippen LogP contribution in [0.4, 0.5) is 4.79 Å².